The number of allylic oxidation sites excluding steroid dienone is 1. The van der Waals surface area contributed by atoms with Gasteiger partial charge in [-0.25, -0.2) is 0 Å². The quantitative estimate of drug-likeness (QED) is 0.125. The number of para-hydroxylation sites is 1. The van der Waals surface area contributed by atoms with Crippen LogP contribution in [0.25, 0.3) is 111 Å². The van der Waals surface area contributed by atoms with Crippen LogP contribution in [0.4, 0.5) is 0 Å². The zero-order chi connectivity index (χ0) is 48.7. The summed E-state index contributed by atoms with van der Waals surface area (Å²) in [7, 11) is 0. The lowest BCUT2D eigenvalue weighted by atomic mass is 9.98. The molecule has 0 saturated heterocycles. The summed E-state index contributed by atoms with van der Waals surface area (Å²) in [6, 6.07) is 97.1. The van der Waals surface area contributed by atoms with E-state index in [-0.39, 0.29) is 0 Å². The second kappa shape index (κ2) is 18.5. The molecule has 344 valence electrons. The fraction of sp³-hybridized carbons (Fsp3) is 0. The van der Waals surface area contributed by atoms with E-state index in [4.69, 9.17) is 0 Å². The first kappa shape index (κ1) is 43.3. The standard InChI is InChI=1S/C69H48N4/c70-64(53-30-26-51(27-31-53)47-16-6-1-7-17-47)46-65(54-32-28-52(29-33-54)48-18-8-2-9-19-48)71-73-68-40-36-56(50-22-12-4-13-23-50)43-62(68)63-45-58(37-41-69(63)73)57-35-39-67-61(44-57)60-42-55(49-20-10-3-11-21-49)34-38-66(60)72(67)59-24-14-5-15-25-59/h1-46,70-71H/b65-46-,70-64?. The van der Waals surface area contributed by atoms with E-state index in [1.54, 1.807) is 0 Å². The normalized spacial score (nSPS) is 11.7. The van der Waals surface area contributed by atoms with E-state index in [1.165, 1.54) is 32.9 Å². The van der Waals surface area contributed by atoms with E-state index in [2.05, 4.69) is 263 Å². The van der Waals surface area contributed by atoms with Crippen LogP contribution in [0.15, 0.2) is 279 Å². The monoisotopic (exact) mass is 932 g/mol. The molecule has 0 aliphatic rings. The molecule has 0 aliphatic carbocycles. The fourth-order valence-electron chi connectivity index (χ4n) is 10.5. The van der Waals surface area contributed by atoms with Gasteiger partial charge in [-0.15, -0.1) is 0 Å². The van der Waals surface area contributed by atoms with Crippen LogP contribution in [-0.2, 0) is 0 Å². The topological polar surface area (TPSA) is 45.7 Å². The number of hydrogen-bond donors (Lipinski definition) is 2. The number of fused-ring (bicyclic) bond motifs is 6. The van der Waals surface area contributed by atoms with E-state index in [0.717, 1.165) is 88.8 Å². The molecule has 2 N–H and O–H groups in total. The highest BCUT2D eigenvalue weighted by Gasteiger charge is 2.19. The Morgan fingerprint density at radius 1 is 0.301 bits per heavy atom. The Morgan fingerprint density at radius 2 is 0.603 bits per heavy atom. The van der Waals surface area contributed by atoms with Crippen LogP contribution in [0.2, 0.25) is 0 Å². The second-order valence-electron chi connectivity index (χ2n) is 18.6. The molecule has 0 fully saturated rings. The number of rotatable bonds is 11. The Hall–Kier alpha value is -9.77. The second-order valence-corrected chi connectivity index (χ2v) is 18.6. The van der Waals surface area contributed by atoms with Gasteiger partial charge in [0.05, 0.1) is 33.5 Å². The third kappa shape index (κ3) is 8.17. The molecule has 0 amide bonds. The number of hydrogen-bond acceptors (Lipinski definition) is 2. The molecule has 13 rings (SSSR count). The van der Waals surface area contributed by atoms with Crippen molar-refractivity contribution >= 4 is 55.0 Å². The van der Waals surface area contributed by atoms with Gasteiger partial charge in [0.1, 0.15) is 0 Å². The average Bonchev–Trinajstić information content (AvgIpc) is 3.97. The molecule has 0 bridgehead atoms. The summed E-state index contributed by atoms with van der Waals surface area (Å²) < 4.78 is 4.59. The first-order chi connectivity index (χ1) is 36.1. The first-order valence-electron chi connectivity index (χ1n) is 24.8. The smallest absolute Gasteiger partial charge is 0.0710 e. The van der Waals surface area contributed by atoms with Crippen molar-refractivity contribution in [3.05, 3.63) is 290 Å². The zero-order valence-electron chi connectivity index (χ0n) is 40.0. The Kier molecular flexibility index (Phi) is 11.0. The summed E-state index contributed by atoms with van der Waals surface area (Å²) in [6.45, 7) is 0. The molecule has 11 aromatic carbocycles. The molecule has 0 atom stereocenters. The molecule has 2 aromatic heterocycles. The predicted octanol–water partition coefficient (Wildman–Crippen LogP) is 17.9. The molecule has 0 saturated carbocycles. The van der Waals surface area contributed by atoms with Crippen molar-refractivity contribution < 1.29 is 0 Å². The zero-order valence-corrected chi connectivity index (χ0v) is 40.0. The molecular formula is C69H48N4. The Bertz CT molecular complexity index is 4170. The van der Waals surface area contributed by atoms with Crippen LogP contribution in [0.1, 0.15) is 11.1 Å². The molecule has 0 unspecified atom stereocenters. The summed E-state index contributed by atoms with van der Waals surface area (Å²) in [5.41, 5.74) is 24.0. The minimum atomic E-state index is 0.406. The van der Waals surface area contributed by atoms with Gasteiger partial charge in [-0.1, -0.05) is 212 Å². The van der Waals surface area contributed by atoms with Crippen LogP contribution in [0, 0.1) is 5.41 Å². The Morgan fingerprint density at radius 3 is 1.01 bits per heavy atom. The third-order valence-corrected chi connectivity index (χ3v) is 14.2. The summed E-state index contributed by atoms with van der Waals surface area (Å²) in [5, 5.41) is 14.2. The lowest BCUT2D eigenvalue weighted by molar-refractivity contribution is 1.06. The largest absolute Gasteiger partial charge is 0.309 e. The summed E-state index contributed by atoms with van der Waals surface area (Å²) in [4.78, 5) is 0. The SMILES string of the molecule is N=C(/C=C(\Nn1c2ccc(-c3ccccc3)cc2c2cc(-c3ccc4c(c3)c3cc(-c5ccccc5)ccc3n4-c3ccccc3)ccc21)c1ccc(-c2ccccc2)cc1)c1ccc(-c2ccccc2)cc1. The van der Waals surface area contributed by atoms with E-state index >= 15 is 0 Å². The van der Waals surface area contributed by atoms with Gasteiger partial charge in [-0.2, -0.15) is 0 Å². The van der Waals surface area contributed by atoms with Crippen LogP contribution in [0.5, 0.6) is 0 Å². The highest BCUT2D eigenvalue weighted by Crippen LogP contribution is 2.40. The number of benzene rings is 11. The lowest BCUT2D eigenvalue weighted by Crippen LogP contribution is -2.14. The van der Waals surface area contributed by atoms with Crippen molar-refractivity contribution in [2.45, 2.75) is 0 Å². The molecular weight excluding hydrogens is 885 g/mol. The average molecular weight is 933 g/mol. The molecule has 13 aromatic rings. The number of nitrogens with zero attached hydrogens (tertiary/aromatic N) is 2. The summed E-state index contributed by atoms with van der Waals surface area (Å²) >= 11 is 0. The summed E-state index contributed by atoms with van der Waals surface area (Å²) in [5.74, 6) is 0. The highest BCUT2D eigenvalue weighted by molar-refractivity contribution is 6.15. The van der Waals surface area contributed by atoms with Crippen molar-refractivity contribution in [3.8, 4) is 61.3 Å². The van der Waals surface area contributed by atoms with Gasteiger partial charge in [0.25, 0.3) is 0 Å². The van der Waals surface area contributed by atoms with Gasteiger partial charge in [0.15, 0.2) is 0 Å². The Balaban J connectivity index is 0.959. The van der Waals surface area contributed by atoms with Crippen LogP contribution in [0.3, 0.4) is 0 Å². The molecule has 4 nitrogen and oxygen atoms in total. The van der Waals surface area contributed by atoms with Crippen molar-refractivity contribution in [1.82, 2.24) is 9.24 Å². The van der Waals surface area contributed by atoms with E-state index in [0.29, 0.717) is 5.71 Å². The van der Waals surface area contributed by atoms with Gasteiger partial charge in [0.2, 0.25) is 0 Å². The number of aromatic nitrogens is 2. The molecule has 4 heteroatoms. The van der Waals surface area contributed by atoms with Gasteiger partial charge >= 0.3 is 0 Å². The molecule has 2 heterocycles. The number of nitrogens with one attached hydrogen (secondary N) is 2. The van der Waals surface area contributed by atoms with E-state index in [1.807, 2.05) is 30.3 Å². The predicted molar refractivity (Wildman–Crippen MR) is 308 cm³/mol. The van der Waals surface area contributed by atoms with E-state index < -0.39 is 0 Å². The van der Waals surface area contributed by atoms with Crippen LogP contribution >= 0.6 is 0 Å². The molecule has 0 radical (unpaired) electrons. The van der Waals surface area contributed by atoms with Crippen molar-refractivity contribution in [1.29, 1.82) is 5.41 Å². The minimum Gasteiger partial charge on any atom is -0.309 e. The molecule has 73 heavy (non-hydrogen) atoms. The lowest BCUT2D eigenvalue weighted by Gasteiger charge is -2.17. The first-order valence-corrected chi connectivity index (χ1v) is 24.8. The van der Waals surface area contributed by atoms with Crippen LogP contribution in [-0.4, -0.2) is 15.0 Å². The van der Waals surface area contributed by atoms with E-state index in [9.17, 15) is 5.41 Å². The maximum atomic E-state index is 9.55. The van der Waals surface area contributed by atoms with Gasteiger partial charge < -0.3 is 9.98 Å². The van der Waals surface area contributed by atoms with Crippen LogP contribution < -0.4 is 5.43 Å². The molecule has 0 aliphatic heterocycles. The van der Waals surface area contributed by atoms with Gasteiger partial charge in [-0.3, -0.25) is 10.1 Å². The third-order valence-electron chi connectivity index (χ3n) is 14.2. The fourth-order valence-corrected chi connectivity index (χ4v) is 10.5. The minimum absolute atomic E-state index is 0.406. The van der Waals surface area contributed by atoms with Crippen molar-refractivity contribution in [2.24, 2.45) is 0 Å². The Labute approximate surface area is 424 Å². The maximum absolute atomic E-state index is 9.55. The van der Waals surface area contributed by atoms with Gasteiger partial charge in [-0.05, 0) is 134 Å². The highest BCUT2D eigenvalue weighted by atomic mass is 15.4. The maximum Gasteiger partial charge on any atom is 0.0710 e. The van der Waals surface area contributed by atoms with Crippen molar-refractivity contribution in [2.75, 3.05) is 5.43 Å². The van der Waals surface area contributed by atoms with Gasteiger partial charge in [0, 0.05) is 27.2 Å². The summed E-state index contributed by atoms with van der Waals surface area (Å²) in [6.07, 6.45) is 1.96. The van der Waals surface area contributed by atoms with Crippen molar-refractivity contribution in [3.63, 3.8) is 0 Å². The molecule has 0 spiro atoms.